The zero-order valence-corrected chi connectivity index (χ0v) is 9.86. The van der Waals surface area contributed by atoms with Crippen molar-refractivity contribution in [3.8, 4) is 5.88 Å². The fourth-order valence-corrected chi connectivity index (χ4v) is 2.04. The van der Waals surface area contributed by atoms with Crippen molar-refractivity contribution < 1.29 is 4.74 Å². The smallest absolute Gasteiger partial charge is 0.214 e. The molecule has 0 atom stereocenters. The van der Waals surface area contributed by atoms with Gasteiger partial charge in [0.25, 0.3) is 0 Å². The highest BCUT2D eigenvalue weighted by Crippen LogP contribution is 2.31. The Morgan fingerprint density at radius 3 is 2.88 bits per heavy atom. The fourth-order valence-electron chi connectivity index (χ4n) is 1.19. The molecule has 0 aliphatic rings. The van der Waals surface area contributed by atoms with Gasteiger partial charge in [-0.05, 0) is 6.07 Å². The number of methoxy groups -OCH3 is 1. The van der Waals surface area contributed by atoms with Crippen molar-refractivity contribution in [3.63, 3.8) is 0 Å². The molecule has 0 aliphatic heterocycles. The lowest BCUT2D eigenvalue weighted by Crippen LogP contribution is -1.94. The van der Waals surface area contributed by atoms with E-state index in [1.54, 1.807) is 30.1 Å². The van der Waals surface area contributed by atoms with Crippen LogP contribution in [0.2, 0.25) is 0 Å². The topological polar surface area (TPSA) is 66.0 Å². The van der Waals surface area contributed by atoms with Gasteiger partial charge in [-0.2, -0.15) is 5.10 Å². The number of nitrogens with two attached hydrogens (primary N) is 1. The molecular weight excluding hydrogens is 224 g/mol. The van der Waals surface area contributed by atoms with Crippen molar-refractivity contribution >= 4 is 17.4 Å². The molecule has 5 nitrogen and oxygen atoms in total. The van der Waals surface area contributed by atoms with E-state index < -0.39 is 0 Å². The van der Waals surface area contributed by atoms with Crippen molar-refractivity contribution in [1.29, 1.82) is 0 Å². The van der Waals surface area contributed by atoms with Gasteiger partial charge >= 0.3 is 0 Å². The van der Waals surface area contributed by atoms with Gasteiger partial charge in [0.05, 0.1) is 23.9 Å². The number of pyridine rings is 1. The minimum atomic E-state index is 0.556. The van der Waals surface area contributed by atoms with Crippen LogP contribution in [-0.4, -0.2) is 21.9 Å². The summed E-state index contributed by atoms with van der Waals surface area (Å²) in [6, 6.07) is 3.52. The Hall–Kier alpha value is -1.69. The third kappa shape index (κ3) is 2.27. The maximum Gasteiger partial charge on any atom is 0.214 e. The van der Waals surface area contributed by atoms with Gasteiger partial charge in [0.15, 0.2) is 0 Å². The lowest BCUT2D eigenvalue weighted by atomic mass is 10.4. The van der Waals surface area contributed by atoms with Crippen LogP contribution in [-0.2, 0) is 7.05 Å². The summed E-state index contributed by atoms with van der Waals surface area (Å²) < 4.78 is 6.79. The van der Waals surface area contributed by atoms with E-state index in [0.29, 0.717) is 11.6 Å². The number of ether oxygens (including phenoxy) is 1. The Bertz CT molecular complexity index is 497. The largest absolute Gasteiger partial charge is 0.481 e. The highest BCUT2D eigenvalue weighted by molar-refractivity contribution is 7.99. The van der Waals surface area contributed by atoms with Crippen LogP contribution in [0.5, 0.6) is 5.88 Å². The molecule has 6 heteroatoms. The Morgan fingerprint density at radius 2 is 2.25 bits per heavy atom. The van der Waals surface area contributed by atoms with Crippen LogP contribution in [0, 0.1) is 0 Å². The van der Waals surface area contributed by atoms with Crippen LogP contribution in [0.4, 0.5) is 5.69 Å². The number of hydrogen-bond donors (Lipinski definition) is 1. The van der Waals surface area contributed by atoms with Gasteiger partial charge in [-0.15, -0.1) is 0 Å². The summed E-state index contributed by atoms with van der Waals surface area (Å²) in [5, 5.41) is 4.81. The maximum atomic E-state index is 5.83. The molecule has 0 radical (unpaired) electrons. The molecule has 2 aromatic heterocycles. The molecule has 0 fully saturated rings. The second-order valence-corrected chi connectivity index (χ2v) is 4.26. The lowest BCUT2D eigenvalue weighted by molar-refractivity contribution is 0.395. The highest BCUT2D eigenvalue weighted by atomic mass is 32.2. The third-order valence-electron chi connectivity index (χ3n) is 1.97. The molecule has 0 amide bonds. The molecular formula is C10H12N4OS. The lowest BCUT2D eigenvalue weighted by Gasteiger charge is -2.04. The zero-order chi connectivity index (χ0) is 11.5. The second-order valence-electron chi connectivity index (χ2n) is 3.20. The Labute approximate surface area is 97.6 Å². The van der Waals surface area contributed by atoms with Crippen molar-refractivity contribution in [2.45, 2.75) is 9.92 Å². The summed E-state index contributed by atoms with van der Waals surface area (Å²) in [4.78, 5) is 5.27. The van der Waals surface area contributed by atoms with Crippen LogP contribution in [0.15, 0.2) is 34.4 Å². The van der Waals surface area contributed by atoms with Crippen molar-refractivity contribution in [2.75, 3.05) is 12.8 Å². The number of nitrogen functional groups attached to an aromatic ring is 1. The average molecular weight is 236 g/mol. The molecule has 0 bridgehead atoms. The van der Waals surface area contributed by atoms with Crippen LogP contribution >= 0.6 is 11.8 Å². The molecule has 2 aromatic rings. The van der Waals surface area contributed by atoms with E-state index in [-0.39, 0.29) is 0 Å². The maximum absolute atomic E-state index is 5.83. The SMILES string of the molecule is COc1ccc(N)c(Sc2cnn(C)c2)n1. The zero-order valence-electron chi connectivity index (χ0n) is 9.04. The molecule has 0 saturated carbocycles. The number of nitrogens with zero attached hydrogens (tertiary/aromatic N) is 3. The number of aromatic nitrogens is 3. The predicted molar refractivity (Wildman–Crippen MR) is 62.5 cm³/mol. The molecule has 0 spiro atoms. The van der Waals surface area contributed by atoms with Crippen molar-refractivity contribution in [3.05, 3.63) is 24.5 Å². The van der Waals surface area contributed by atoms with Gasteiger partial charge in [-0.1, -0.05) is 11.8 Å². The van der Waals surface area contributed by atoms with E-state index in [4.69, 9.17) is 10.5 Å². The summed E-state index contributed by atoms with van der Waals surface area (Å²) in [7, 11) is 3.45. The summed E-state index contributed by atoms with van der Waals surface area (Å²) >= 11 is 1.47. The van der Waals surface area contributed by atoms with Gasteiger partial charge in [0, 0.05) is 19.3 Å². The molecule has 2 heterocycles. The molecule has 0 aliphatic carbocycles. The van der Waals surface area contributed by atoms with E-state index >= 15 is 0 Å². The van der Waals surface area contributed by atoms with Crippen LogP contribution < -0.4 is 10.5 Å². The molecule has 2 rings (SSSR count). The standard InChI is InChI=1S/C10H12N4OS/c1-14-6-7(5-12-14)16-10-8(11)3-4-9(13-10)15-2/h3-6H,11H2,1-2H3. The first-order chi connectivity index (χ1) is 7.69. The first-order valence-electron chi connectivity index (χ1n) is 4.66. The Balaban J connectivity index is 2.26. The minimum Gasteiger partial charge on any atom is -0.481 e. The van der Waals surface area contributed by atoms with Gasteiger partial charge < -0.3 is 10.5 Å². The van der Waals surface area contributed by atoms with Crippen LogP contribution in [0.1, 0.15) is 0 Å². The van der Waals surface area contributed by atoms with E-state index in [1.807, 2.05) is 13.2 Å². The van der Waals surface area contributed by atoms with Crippen LogP contribution in [0.3, 0.4) is 0 Å². The molecule has 0 saturated heterocycles. The average Bonchev–Trinajstić information content (AvgIpc) is 2.67. The normalized spacial score (nSPS) is 10.4. The third-order valence-corrected chi connectivity index (χ3v) is 2.94. The van der Waals surface area contributed by atoms with Crippen molar-refractivity contribution in [1.82, 2.24) is 14.8 Å². The van der Waals surface area contributed by atoms with Crippen LogP contribution in [0.25, 0.3) is 0 Å². The van der Waals surface area contributed by atoms with Crippen molar-refractivity contribution in [2.24, 2.45) is 7.05 Å². The molecule has 16 heavy (non-hydrogen) atoms. The van der Waals surface area contributed by atoms with E-state index in [0.717, 1.165) is 9.92 Å². The summed E-state index contributed by atoms with van der Waals surface area (Å²) in [5.74, 6) is 0.556. The molecule has 0 aromatic carbocycles. The van der Waals surface area contributed by atoms with E-state index in [2.05, 4.69) is 10.1 Å². The highest BCUT2D eigenvalue weighted by Gasteiger charge is 2.06. The summed E-state index contributed by atoms with van der Waals surface area (Å²) in [6.07, 6.45) is 3.68. The van der Waals surface area contributed by atoms with E-state index in [9.17, 15) is 0 Å². The quantitative estimate of drug-likeness (QED) is 0.876. The Kier molecular flexibility index (Phi) is 3.00. The van der Waals surface area contributed by atoms with Gasteiger partial charge in [0.1, 0.15) is 5.03 Å². The van der Waals surface area contributed by atoms with E-state index in [1.165, 1.54) is 11.8 Å². The number of hydrogen-bond acceptors (Lipinski definition) is 5. The second kappa shape index (κ2) is 4.44. The number of rotatable bonds is 3. The first-order valence-corrected chi connectivity index (χ1v) is 5.47. The Morgan fingerprint density at radius 1 is 1.44 bits per heavy atom. The number of anilines is 1. The minimum absolute atomic E-state index is 0.556. The monoisotopic (exact) mass is 236 g/mol. The molecule has 84 valence electrons. The summed E-state index contributed by atoms with van der Waals surface area (Å²) in [6.45, 7) is 0. The fraction of sp³-hybridized carbons (Fsp3) is 0.200. The number of aryl methyl sites for hydroxylation is 1. The van der Waals surface area contributed by atoms with Gasteiger partial charge in [-0.3, -0.25) is 4.68 Å². The van der Waals surface area contributed by atoms with Gasteiger partial charge in [-0.25, -0.2) is 4.98 Å². The summed E-state index contributed by atoms with van der Waals surface area (Å²) in [5.41, 5.74) is 6.47. The first kappa shape index (κ1) is 10.8. The molecule has 2 N–H and O–H groups in total. The predicted octanol–water partition coefficient (Wildman–Crippen LogP) is 1.56. The molecule has 0 unspecified atom stereocenters. The van der Waals surface area contributed by atoms with Gasteiger partial charge in [0.2, 0.25) is 5.88 Å².